The van der Waals surface area contributed by atoms with Crippen molar-refractivity contribution in [3.8, 4) is 0 Å². The normalized spacial score (nSPS) is 12.0. The molecule has 0 spiro atoms. The Balaban J connectivity index is 2.31. The van der Waals surface area contributed by atoms with Crippen molar-refractivity contribution in [3.05, 3.63) is 65.7 Å². The molecule has 6 nitrogen and oxygen atoms in total. The first-order valence-corrected chi connectivity index (χ1v) is 7.68. The zero-order chi connectivity index (χ0) is 16.2. The van der Waals surface area contributed by atoms with E-state index in [9.17, 15) is 13.2 Å². The van der Waals surface area contributed by atoms with Gasteiger partial charge >= 0.3 is 16.1 Å². The molecular formula is C15H13NO5S. The van der Waals surface area contributed by atoms with Crippen LogP contribution >= 0.6 is 0 Å². The number of aryl methyl sites for hydroxylation is 1. The van der Waals surface area contributed by atoms with Gasteiger partial charge in [-0.3, -0.25) is 4.28 Å². The third-order valence-electron chi connectivity index (χ3n) is 2.79. The number of benzene rings is 2. The summed E-state index contributed by atoms with van der Waals surface area (Å²) in [5.74, 6) is -1.38. The second-order valence-electron chi connectivity index (χ2n) is 4.45. The molecule has 0 radical (unpaired) electrons. The van der Waals surface area contributed by atoms with E-state index in [0.29, 0.717) is 0 Å². The second-order valence-corrected chi connectivity index (χ2v) is 5.98. The molecule has 114 valence electrons. The molecule has 22 heavy (non-hydrogen) atoms. The van der Waals surface area contributed by atoms with Crippen molar-refractivity contribution in [1.29, 1.82) is 0 Å². The number of oxime groups is 1. The lowest BCUT2D eigenvalue weighted by Crippen LogP contribution is -2.16. The fraction of sp³-hybridized carbons (Fsp3) is 0.0667. The van der Waals surface area contributed by atoms with Gasteiger partial charge in [-0.1, -0.05) is 53.2 Å². The maximum atomic E-state index is 12.0. The van der Waals surface area contributed by atoms with E-state index >= 15 is 0 Å². The van der Waals surface area contributed by atoms with Crippen LogP contribution < -0.4 is 0 Å². The second kappa shape index (κ2) is 6.40. The third kappa shape index (κ3) is 3.70. The number of nitrogens with zero attached hydrogens (tertiary/aromatic N) is 1. The molecule has 0 heterocycles. The van der Waals surface area contributed by atoms with Crippen LogP contribution in [0.15, 0.2) is 64.6 Å². The number of hydrogen-bond acceptors (Lipinski definition) is 5. The molecule has 0 aliphatic heterocycles. The molecule has 7 heteroatoms. The molecule has 0 unspecified atom stereocenters. The van der Waals surface area contributed by atoms with Crippen LogP contribution in [0.5, 0.6) is 0 Å². The van der Waals surface area contributed by atoms with E-state index in [-0.39, 0.29) is 10.5 Å². The number of carboxylic acid groups (broad SMARTS) is 1. The van der Waals surface area contributed by atoms with Crippen molar-refractivity contribution in [2.45, 2.75) is 11.8 Å². The molecule has 0 bridgehead atoms. The van der Waals surface area contributed by atoms with Gasteiger partial charge < -0.3 is 5.11 Å². The minimum atomic E-state index is -4.16. The Kier molecular flexibility index (Phi) is 4.57. The molecule has 2 aromatic rings. The van der Waals surface area contributed by atoms with Gasteiger partial charge in [0.05, 0.1) is 0 Å². The monoisotopic (exact) mass is 319 g/mol. The van der Waals surface area contributed by atoms with Crippen LogP contribution in [0.1, 0.15) is 11.1 Å². The van der Waals surface area contributed by atoms with Gasteiger partial charge in [0.25, 0.3) is 0 Å². The number of carboxylic acids is 1. The van der Waals surface area contributed by atoms with Crippen LogP contribution in [-0.2, 0) is 19.2 Å². The van der Waals surface area contributed by atoms with Gasteiger partial charge in [0.1, 0.15) is 4.90 Å². The van der Waals surface area contributed by atoms with Crippen LogP contribution in [0.4, 0.5) is 0 Å². The van der Waals surface area contributed by atoms with Gasteiger partial charge in [-0.25, -0.2) is 4.79 Å². The van der Waals surface area contributed by atoms with Crippen LogP contribution in [-0.4, -0.2) is 25.2 Å². The summed E-state index contributed by atoms with van der Waals surface area (Å²) >= 11 is 0. The van der Waals surface area contributed by atoms with Gasteiger partial charge in [0.15, 0.2) is 5.71 Å². The predicted octanol–water partition coefficient (Wildman–Crippen LogP) is 2.19. The summed E-state index contributed by atoms with van der Waals surface area (Å²) in [6, 6.07) is 13.9. The van der Waals surface area contributed by atoms with E-state index in [0.717, 1.165) is 5.56 Å². The van der Waals surface area contributed by atoms with E-state index in [4.69, 9.17) is 5.11 Å². The first-order chi connectivity index (χ1) is 10.4. The van der Waals surface area contributed by atoms with Gasteiger partial charge in [-0.05, 0) is 19.1 Å². The molecule has 2 aromatic carbocycles. The Labute approximate surface area is 127 Å². The molecule has 0 aromatic heterocycles. The maximum Gasteiger partial charge on any atom is 0.358 e. The lowest BCUT2D eigenvalue weighted by Gasteiger charge is -2.04. The summed E-state index contributed by atoms with van der Waals surface area (Å²) in [7, 11) is -4.16. The summed E-state index contributed by atoms with van der Waals surface area (Å²) < 4.78 is 28.5. The van der Waals surface area contributed by atoms with E-state index in [1.165, 1.54) is 24.3 Å². The van der Waals surface area contributed by atoms with E-state index in [2.05, 4.69) is 9.44 Å². The Morgan fingerprint density at radius 1 is 1.05 bits per heavy atom. The largest absolute Gasteiger partial charge is 0.476 e. The third-order valence-corrected chi connectivity index (χ3v) is 3.91. The fourth-order valence-corrected chi connectivity index (χ4v) is 2.37. The molecule has 0 saturated heterocycles. The summed E-state index contributed by atoms with van der Waals surface area (Å²) in [5, 5.41) is 12.4. The van der Waals surface area contributed by atoms with E-state index in [1.807, 2.05) is 6.92 Å². The Bertz CT molecular complexity index is 796. The zero-order valence-electron chi connectivity index (χ0n) is 11.6. The van der Waals surface area contributed by atoms with Crippen molar-refractivity contribution in [2.24, 2.45) is 5.16 Å². The molecule has 2 rings (SSSR count). The van der Waals surface area contributed by atoms with Crippen molar-refractivity contribution >= 4 is 21.8 Å². The molecule has 1 N–H and O–H groups in total. The Hall–Kier alpha value is -2.67. The van der Waals surface area contributed by atoms with Gasteiger partial charge in [-0.15, -0.1) is 0 Å². The van der Waals surface area contributed by atoms with Crippen LogP contribution in [0.2, 0.25) is 0 Å². The molecule has 0 fully saturated rings. The molecule has 0 aliphatic rings. The predicted molar refractivity (Wildman–Crippen MR) is 80.1 cm³/mol. The molecule has 0 amide bonds. The van der Waals surface area contributed by atoms with Crippen molar-refractivity contribution in [3.63, 3.8) is 0 Å². The van der Waals surface area contributed by atoms with Crippen LogP contribution in [0.25, 0.3) is 0 Å². The van der Waals surface area contributed by atoms with Crippen molar-refractivity contribution in [2.75, 3.05) is 0 Å². The maximum absolute atomic E-state index is 12.0. The zero-order valence-corrected chi connectivity index (χ0v) is 12.4. The number of aliphatic carboxylic acids is 1. The standard InChI is InChI=1S/C15H13NO5S/c1-11-7-9-13(10-8-11)22(19,20)21-16-14(15(17)18)12-5-3-2-4-6-12/h2-10H,1H3,(H,17,18)/b16-14+. The number of carbonyl (C=O) groups is 1. The van der Waals surface area contributed by atoms with Crippen LogP contribution in [0, 0.1) is 6.92 Å². The van der Waals surface area contributed by atoms with Gasteiger partial charge in [-0.2, -0.15) is 8.42 Å². The molecule has 0 atom stereocenters. The summed E-state index contributed by atoms with van der Waals surface area (Å²) in [5.41, 5.74) is 0.642. The quantitative estimate of drug-likeness (QED) is 0.673. The number of hydrogen-bond donors (Lipinski definition) is 1. The van der Waals surface area contributed by atoms with E-state index in [1.54, 1.807) is 30.3 Å². The highest BCUT2D eigenvalue weighted by atomic mass is 32.2. The van der Waals surface area contributed by atoms with Crippen molar-refractivity contribution < 1.29 is 22.6 Å². The first kappa shape index (κ1) is 15.7. The lowest BCUT2D eigenvalue weighted by atomic mass is 10.1. The first-order valence-electron chi connectivity index (χ1n) is 6.27. The Morgan fingerprint density at radius 3 is 2.18 bits per heavy atom. The molecule has 0 saturated carbocycles. The summed E-state index contributed by atoms with van der Waals surface area (Å²) in [6.45, 7) is 1.81. The smallest absolute Gasteiger partial charge is 0.358 e. The average Bonchev–Trinajstić information content (AvgIpc) is 2.48. The lowest BCUT2D eigenvalue weighted by molar-refractivity contribution is -0.129. The van der Waals surface area contributed by atoms with E-state index < -0.39 is 21.8 Å². The minimum absolute atomic E-state index is 0.0975. The fourth-order valence-electron chi connectivity index (χ4n) is 1.65. The topological polar surface area (TPSA) is 93.0 Å². The summed E-state index contributed by atoms with van der Waals surface area (Å²) in [4.78, 5) is 11.1. The van der Waals surface area contributed by atoms with Gasteiger partial charge in [0, 0.05) is 5.56 Å². The molecule has 0 aliphatic carbocycles. The highest BCUT2D eigenvalue weighted by molar-refractivity contribution is 7.86. The summed E-state index contributed by atoms with van der Waals surface area (Å²) in [6.07, 6.45) is 0. The number of rotatable bonds is 5. The average molecular weight is 319 g/mol. The SMILES string of the molecule is Cc1ccc(S(=O)(=O)O/N=C(/C(=O)O)c2ccccc2)cc1. The van der Waals surface area contributed by atoms with Crippen molar-refractivity contribution in [1.82, 2.24) is 0 Å². The molecular weight excluding hydrogens is 306 g/mol. The minimum Gasteiger partial charge on any atom is -0.476 e. The van der Waals surface area contributed by atoms with Gasteiger partial charge in [0.2, 0.25) is 0 Å². The van der Waals surface area contributed by atoms with Crippen LogP contribution in [0.3, 0.4) is 0 Å². The highest BCUT2D eigenvalue weighted by Crippen LogP contribution is 2.14. The Morgan fingerprint density at radius 2 is 1.64 bits per heavy atom. The highest BCUT2D eigenvalue weighted by Gasteiger charge is 2.19.